The Labute approximate surface area is 173 Å². The van der Waals surface area contributed by atoms with Crippen molar-refractivity contribution >= 4 is 68.9 Å². The largest absolute Gasteiger partial charge is 0.402 e. The summed E-state index contributed by atoms with van der Waals surface area (Å²) in [6, 6.07) is 14.7. The normalized spacial score (nSPS) is 15.3. The molecule has 4 rings (SSSR count). The van der Waals surface area contributed by atoms with Gasteiger partial charge in [0.15, 0.2) is 5.70 Å². The summed E-state index contributed by atoms with van der Waals surface area (Å²) in [5.41, 5.74) is 2.00. The molecule has 0 spiro atoms. The molecular weight excluding hydrogens is 479 g/mol. The minimum Gasteiger partial charge on any atom is -0.402 e. The molecule has 0 saturated carbocycles. The number of benzene rings is 2. The Bertz CT molecular complexity index is 1180. The van der Waals surface area contributed by atoms with E-state index in [1.165, 1.54) is 6.92 Å². The van der Waals surface area contributed by atoms with Crippen LogP contribution < -0.4 is 0 Å². The van der Waals surface area contributed by atoms with Crippen molar-refractivity contribution in [3.8, 4) is 0 Å². The zero-order valence-electron chi connectivity index (χ0n) is 14.1. The van der Waals surface area contributed by atoms with Gasteiger partial charge in [-0.15, -0.1) is 0 Å². The van der Waals surface area contributed by atoms with Gasteiger partial charge in [0.05, 0.1) is 21.8 Å². The molecule has 0 unspecified atom stereocenters. The first kappa shape index (κ1) is 17.9. The van der Waals surface area contributed by atoms with Gasteiger partial charge in [0, 0.05) is 15.9 Å². The predicted molar refractivity (Wildman–Crippen MR) is 113 cm³/mol. The van der Waals surface area contributed by atoms with Crippen LogP contribution in [-0.4, -0.2) is 22.3 Å². The van der Waals surface area contributed by atoms with Gasteiger partial charge in [0.1, 0.15) is 0 Å². The summed E-state index contributed by atoms with van der Waals surface area (Å²) >= 11 is 8.36. The zero-order valence-corrected chi connectivity index (χ0v) is 17.0. The molecular formula is C20H12ClIN2O3. The van der Waals surface area contributed by atoms with Gasteiger partial charge in [0.2, 0.25) is 11.8 Å². The molecule has 7 heteroatoms. The SMILES string of the molecule is CC(=O)n1c(/C=C2\N=C(c3cc(I)ccc3Cl)OC2=O)cc2ccccc21. The van der Waals surface area contributed by atoms with Crippen molar-refractivity contribution in [2.75, 3.05) is 0 Å². The van der Waals surface area contributed by atoms with Crippen LogP contribution in [0.25, 0.3) is 17.0 Å². The summed E-state index contributed by atoms with van der Waals surface area (Å²) in [5, 5.41) is 1.34. The molecule has 0 radical (unpaired) electrons. The highest BCUT2D eigenvalue weighted by molar-refractivity contribution is 14.1. The highest BCUT2D eigenvalue weighted by Gasteiger charge is 2.26. The molecule has 0 aliphatic carbocycles. The second-order valence-electron chi connectivity index (χ2n) is 5.94. The lowest BCUT2D eigenvalue weighted by molar-refractivity contribution is -0.129. The molecule has 0 saturated heterocycles. The number of carbonyl (C=O) groups is 2. The average molecular weight is 491 g/mol. The molecule has 1 aromatic heterocycles. The number of rotatable bonds is 2. The third kappa shape index (κ3) is 3.30. The number of fused-ring (bicyclic) bond motifs is 1. The lowest BCUT2D eigenvalue weighted by Crippen LogP contribution is -2.08. The standard InChI is InChI=1S/C20H12ClIN2O3/c1-11(25)24-14(8-12-4-2-3-5-18(12)24)10-17-20(26)27-19(23-17)15-9-13(22)6-7-16(15)21/h2-10H,1H3/b17-10-. The highest BCUT2D eigenvalue weighted by Crippen LogP contribution is 2.27. The number of hydrogen-bond acceptors (Lipinski definition) is 4. The Morgan fingerprint density at radius 2 is 2.00 bits per heavy atom. The van der Waals surface area contributed by atoms with E-state index in [1.54, 1.807) is 22.8 Å². The molecule has 2 heterocycles. The van der Waals surface area contributed by atoms with Crippen LogP contribution in [0.5, 0.6) is 0 Å². The second-order valence-corrected chi connectivity index (χ2v) is 7.60. The van der Waals surface area contributed by atoms with Crippen molar-refractivity contribution in [2.24, 2.45) is 4.99 Å². The molecule has 0 fully saturated rings. The van der Waals surface area contributed by atoms with E-state index < -0.39 is 5.97 Å². The minimum absolute atomic E-state index is 0.116. The van der Waals surface area contributed by atoms with Crippen molar-refractivity contribution in [1.29, 1.82) is 0 Å². The van der Waals surface area contributed by atoms with Crippen molar-refractivity contribution < 1.29 is 14.3 Å². The van der Waals surface area contributed by atoms with Gasteiger partial charge in [-0.1, -0.05) is 29.8 Å². The topological polar surface area (TPSA) is 60.7 Å². The van der Waals surface area contributed by atoms with Gasteiger partial charge in [-0.3, -0.25) is 9.36 Å². The molecule has 27 heavy (non-hydrogen) atoms. The minimum atomic E-state index is -0.583. The van der Waals surface area contributed by atoms with E-state index in [-0.39, 0.29) is 17.5 Å². The van der Waals surface area contributed by atoms with Gasteiger partial charge in [0.25, 0.3) is 0 Å². The summed E-state index contributed by atoms with van der Waals surface area (Å²) in [5.74, 6) is -0.584. The number of para-hydroxylation sites is 1. The van der Waals surface area contributed by atoms with Crippen LogP contribution in [0.4, 0.5) is 0 Å². The van der Waals surface area contributed by atoms with Crippen LogP contribution in [0.1, 0.15) is 23.0 Å². The van der Waals surface area contributed by atoms with E-state index in [9.17, 15) is 9.59 Å². The van der Waals surface area contributed by atoms with E-state index in [1.807, 2.05) is 36.4 Å². The van der Waals surface area contributed by atoms with Gasteiger partial charge < -0.3 is 4.74 Å². The van der Waals surface area contributed by atoms with Crippen molar-refractivity contribution in [3.63, 3.8) is 0 Å². The van der Waals surface area contributed by atoms with Crippen LogP contribution >= 0.6 is 34.2 Å². The van der Waals surface area contributed by atoms with Crippen LogP contribution in [0.2, 0.25) is 5.02 Å². The predicted octanol–water partition coefficient (Wildman–Crippen LogP) is 4.90. The Kier molecular flexibility index (Phi) is 4.61. The van der Waals surface area contributed by atoms with Crippen LogP contribution in [0.15, 0.2) is 59.2 Å². The lowest BCUT2D eigenvalue weighted by Gasteiger charge is -2.02. The van der Waals surface area contributed by atoms with E-state index >= 15 is 0 Å². The Morgan fingerprint density at radius 1 is 1.22 bits per heavy atom. The molecule has 3 aromatic rings. The van der Waals surface area contributed by atoms with Crippen LogP contribution in [0, 0.1) is 3.57 Å². The molecule has 0 bridgehead atoms. The van der Waals surface area contributed by atoms with Crippen LogP contribution in [-0.2, 0) is 9.53 Å². The van der Waals surface area contributed by atoms with Crippen molar-refractivity contribution in [3.05, 3.63) is 74.1 Å². The molecule has 0 atom stereocenters. The molecule has 134 valence electrons. The number of aliphatic imine (C=N–C) groups is 1. The first-order valence-corrected chi connectivity index (χ1v) is 9.49. The molecule has 0 amide bonds. The number of carbonyl (C=O) groups excluding carboxylic acids is 2. The van der Waals surface area contributed by atoms with Gasteiger partial charge in [-0.25, -0.2) is 9.79 Å². The molecule has 0 N–H and O–H groups in total. The first-order valence-electron chi connectivity index (χ1n) is 8.03. The highest BCUT2D eigenvalue weighted by atomic mass is 127. The van der Waals surface area contributed by atoms with Crippen molar-refractivity contribution in [1.82, 2.24) is 4.57 Å². The maximum atomic E-state index is 12.3. The summed E-state index contributed by atoms with van der Waals surface area (Å²) in [6.45, 7) is 1.47. The average Bonchev–Trinajstić information content (AvgIpc) is 3.17. The number of ether oxygens (including phenoxy) is 1. The number of hydrogen-bond donors (Lipinski definition) is 0. The van der Waals surface area contributed by atoms with Crippen molar-refractivity contribution in [2.45, 2.75) is 6.92 Å². The smallest absolute Gasteiger partial charge is 0.363 e. The van der Waals surface area contributed by atoms with Gasteiger partial charge in [-0.05, 0) is 59.0 Å². The van der Waals surface area contributed by atoms with Crippen LogP contribution in [0.3, 0.4) is 0 Å². The monoisotopic (exact) mass is 490 g/mol. The van der Waals surface area contributed by atoms with E-state index in [0.717, 1.165) is 14.5 Å². The number of cyclic esters (lactones) is 1. The zero-order chi connectivity index (χ0) is 19.1. The lowest BCUT2D eigenvalue weighted by atomic mass is 10.2. The number of esters is 1. The van der Waals surface area contributed by atoms with E-state index in [2.05, 4.69) is 27.6 Å². The maximum absolute atomic E-state index is 12.3. The number of aromatic nitrogens is 1. The molecule has 5 nitrogen and oxygen atoms in total. The number of halogens is 2. The summed E-state index contributed by atoms with van der Waals surface area (Å²) in [6.07, 6.45) is 1.55. The van der Waals surface area contributed by atoms with E-state index in [4.69, 9.17) is 16.3 Å². The molecule has 1 aliphatic heterocycles. The fraction of sp³-hybridized carbons (Fsp3) is 0.0500. The Morgan fingerprint density at radius 3 is 2.78 bits per heavy atom. The second kappa shape index (κ2) is 6.94. The fourth-order valence-corrected chi connectivity index (χ4v) is 3.65. The molecule has 1 aliphatic rings. The summed E-state index contributed by atoms with van der Waals surface area (Å²) < 4.78 is 7.79. The summed E-state index contributed by atoms with van der Waals surface area (Å²) in [4.78, 5) is 28.7. The van der Waals surface area contributed by atoms with Gasteiger partial charge in [-0.2, -0.15) is 0 Å². The Hall–Kier alpha value is -2.45. The third-order valence-corrected chi connectivity index (χ3v) is 5.12. The third-order valence-electron chi connectivity index (χ3n) is 4.12. The quantitative estimate of drug-likeness (QED) is 0.292. The number of nitrogens with zero attached hydrogens (tertiary/aromatic N) is 2. The maximum Gasteiger partial charge on any atom is 0.363 e. The molecule has 2 aromatic carbocycles. The van der Waals surface area contributed by atoms with Gasteiger partial charge >= 0.3 is 5.97 Å². The fourth-order valence-electron chi connectivity index (χ4n) is 2.96. The Balaban J connectivity index is 1.83. The first-order chi connectivity index (χ1) is 12.9. The summed E-state index contributed by atoms with van der Waals surface area (Å²) in [7, 11) is 0. The van der Waals surface area contributed by atoms with E-state index in [0.29, 0.717) is 16.3 Å².